The Labute approximate surface area is 141 Å². The topological polar surface area (TPSA) is 34.9 Å². The molecule has 116 valence electrons. The van der Waals surface area contributed by atoms with Crippen LogP contribution in [-0.2, 0) is 5.75 Å². The van der Waals surface area contributed by atoms with E-state index in [9.17, 15) is 9.18 Å². The highest BCUT2D eigenvalue weighted by molar-refractivity contribution is 7.98. The van der Waals surface area contributed by atoms with Crippen molar-refractivity contribution in [2.24, 2.45) is 0 Å². The summed E-state index contributed by atoms with van der Waals surface area (Å²) in [6.07, 6.45) is 3.13. The van der Waals surface area contributed by atoms with Gasteiger partial charge in [-0.05, 0) is 42.0 Å². The van der Waals surface area contributed by atoms with Crippen molar-refractivity contribution in [2.45, 2.75) is 10.8 Å². The highest BCUT2D eigenvalue weighted by Crippen LogP contribution is 2.20. The van der Waals surface area contributed by atoms with Crippen molar-refractivity contribution in [2.75, 3.05) is 0 Å². The Balaban J connectivity index is 1.85. The molecule has 3 nitrogen and oxygen atoms in total. The molecule has 6 heteroatoms. The summed E-state index contributed by atoms with van der Waals surface area (Å²) in [6, 6.07) is 13.2. The highest BCUT2D eigenvalue weighted by atomic mass is 35.5. The Morgan fingerprint density at radius 3 is 2.70 bits per heavy atom. The van der Waals surface area contributed by atoms with Crippen molar-refractivity contribution in [3.8, 4) is 5.69 Å². The molecule has 0 spiro atoms. The number of benzene rings is 2. The van der Waals surface area contributed by atoms with Gasteiger partial charge in [0.05, 0.1) is 0 Å². The quantitative estimate of drug-likeness (QED) is 0.660. The van der Waals surface area contributed by atoms with E-state index in [1.54, 1.807) is 30.6 Å². The summed E-state index contributed by atoms with van der Waals surface area (Å²) in [4.78, 5) is 16.6. The second-order valence-electron chi connectivity index (χ2n) is 4.80. The van der Waals surface area contributed by atoms with Gasteiger partial charge in [-0.3, -0.25) is 9.36 Å². The molecule has 0 aliphatic rings. The Bertz CT molecular complexity index is 880. The Morgan fingerprint density at radius 1 is 1.17 bits per heavy atom. The van der Waals surface area contributed by atoms with Crippen LogP contribution in [0, 0.1) is 5.82 Å². The molecular weight excluding hydrogens is 335 g/mol. The molecule has 0 amide bonds. The zero-order chi connectivity index (χ0) is 16.2. The van der Waals surface area contributed by atoms with Crippen LogP contribution in [0.5, 0.6) is 0 Å². The van der Waals surface area contributed by atoms with Gasteiger partial charge < -0.3 is 0 Å². The van der Waals surface area contributed by atoms with Gasteiger partial charge in [0, 0.05) is 28.9 Å². The largest absolute Gasteiger partial charge is 0.287 e. The van der Waals surface area contributed by atoms with Crippen molar-refractivity contribution in [1.29, 1.82) is 0 Å². The molecule has 0 aliphatic heterocycles. The van der Waals surface area contributed by atoms with Crippen molar-refractivity contribution >= 4 is 23.4 Å². The second kappa shape index (κ2) is 6.98. The Kier molecular flexibility index (Phi) is 4.79. The van der Waals surface area contributed by atoms with E-state index in [0.29, 0.717) is 21.5 Å². The summed E-state index contributed by atoms with van der Waals surface area (Å²) in [5.74, 6) is 0.252. The van der Waals surface area contributed by atoms with E-state index in [2.05, 4.69) is 4.98 Å². The second-order valence-corrected chi connectivity index (χ2v) is 6.20. The fraction of sp³-hybridized carbons (Fsp3) is 0.0588. The van der Waals surface area contributed by atoms with Crippen LogP contribution >= 0.6 is 23.4 Å². The van der Waals surface area contributed by atoms with Gasteiger partial charge in [0.15, 0.2) is 5.03 Å². The van der Waals surface area contributed by atoms with Crippen LogP contribution in [0.2, 0.25) is 5.02 Å². The fourth-order valence-electron chi connectivity index (χ4n) is 2.08. The van der Waals surface area contributed by atoms with Crippen LogP contribution in [-0.4, -0.2) is 9.55 Å². The molecule has 1 heterocycles. The molecule has 0 aliphatic carbocycles. The molecular formula is C17H12ClFN2OS. The fourth-order valence-corrected chi connectivity index (χ4v) is 3.13. The van der Waals surface area contributed by atoms with Crippen molar-refractivity contribution in [3.05, 3.63) is 87.7 Å². The minimum atomic E-state index is -0.341. The average Bonchev–Trinajstić information content (AvgIpc) is 2.55. The third kappa shape index (κ3) is 3.81. The van der Waals surface area contributed by atoms with E-state index < -0.39 is 0 Å². The van der Waals surface area contributed by atoms with Crippen molar-refractivity contribution in [3.63, 3.8) is 0 Å². The molecule has 23 heavy (non-hydrogen) atoms. The monoisotopic (exact) mass is 346 g/mol. The maximum atomic E-state index is 13.0. The maximum absolute atomic E-state index is 13.0. The van der Waals surface area contributed by atoms with Crippen LogP contribution in [0.25, 0.3) is 5.69 Å². The summed E-state index contributed by atoms with van der Waals surface area (Å²) < 4.78 is 14.5. The van der Waals surface area contributed by atoms with Crippen LogP contribution < -0.4 is 5.56 Å². The molecule has 0 radical (unpaired) electrons. The summed E-state index contributed by atoms with van der Waals surface area (Å²) in [6.45, 7) is 0. The number of rotatable bonds is 4. The van der Waals surface area contributed by atoms with Gasteiger partial charge in [-0.25, -0.2) is 9.37 Å². The van der Waals surface area contributed by atoms with E-state index in [1.165, 1.54) is 28.5 Å². The summed E-state index contributed by atoms with van der Waals surface area (Å²) in [5.41, 5.74) is 1.38. The SMILES string of the molecule is O=c1c(SCc2cccc(Cl)c2)nccn1-c1ccc(F)cc1. The van der Waals surface area contributed by atoms with E-state index >= 15 is 0 Å². The van der Waals surface area contributed by atoms with Crippen LogP contribution in [0.3, 0.4) is 0 Å². The third-order valence-corrected chi connectivity index (χ3v) is 4.44. The van der Waals surface area contributed by atoms with Crippen molar-refractivity contribution in [1.82, 2.24) is 9.55 Å². The van der Waals surface area contributed by atoms with Gasteiger partial charge in [-0.2, -0.15) is 0 Å². The zero-order valence-corrected chi connectivity index (χ0v) is 13.5. The minimum Gasteiger partial charge on any atom is -0.280 e. The molecule has 0 atom stereocenters. The number of halogens is 2. The molecule has 3 rings (SSSR count). The average molecular weight is 347 g/mol. The third-order valence-electron chi connectivity index (χ3n) is 3.18. The number of thioether (sulfide) groups is 1. The summed E-state index contributed by atoms with van der Waals surface area (Å²) in [7, 11) is 0. The maximum Gasteiger partial charge on any atom is 0.287 e. The number of hydrogen-bond donors (Lipinski definition) is 0. The first-order chi connectivity index (χ1) is 11.1. The van der Waals surface area contributed by atoms with E-state index in [1.807, 2.05) is 18.2 Å². The minimum absolute atomic E-state index is 0.230. The van der Waals surface area contributed by atoms with Gasteiger partial charge in [-0.1, -0.05) is 35.5 Å². The lowest BCUT2D eigenvalue weighted by molar-refractivity contribution is 0.627. The molecule has 0 saturated carbocycles. The molecule has 2 aromatic carbocycles. The van der Waals surface area contributed by atoms with Gasteiger partial charge in [0.1, 0.15) is 5.82 Å². The molecule has 0 bridgehead atoms. The number of nitrogens with zero attached hydrogens (tertiary/aromatic N) is 2. The van der Waals surface area contributed by atoms with Gasteiger partial charge in [-0.15, -0.1) is 0 Å². The molecule has 3 aromatic rings. The highest BCUT2D eigenvalue weighted by Gasteiger charge is 2.08. The van der Waals surface area contributed by atoms with E-state index in [-0.39, 0.29) is 11.4 Å². The number of aromatic nitrogens is 2. The first-order valence-corrected chi connectivity index (χ1v) is 8.21. The van der Waals surface area contributed by atoms with Gasteiger partial charge in [0.25, 0.3) is 5.56 Å². The van der Waals surface area contributed by atoms with E-state index in [4.69, 9.17) is 11.6 Å². The van der Waals surface area contributed by atoms with E-state index in [0.717, 1.165) is 5.56 Å². The summed E-state index contributed by atoms with van der Waals surface area (Å²) >= 11 is 7.30. The summed E-state index contributed by atoms with van der Waals surface area (Å²) in [5, 5.41) is 1.05. The first-order valence-electron chi connectivity index (χ1n) is 6.84. The lowest BCUT2D eigenvalue weighted by atomic mass is 10.2. The molecule has 1 aromatic heterocycles. The lowest BCUT2D eigenvalue weighted by Gasteiger charge is -2.07. The van der Waals surface area contributed by atoms with Gasteiger partial charge >= 0.3 is 0 Å². The smallest absolute Gasteiger partial charge is 0.280 e. The van der Waals surface area contributed by atoms with Crippen molar-refractivity contribution < 1.29 is 4.39 Å². The van der Waals surface area contributed by atoms with Crippen LogP contribution in [0.1, 0.15) is 5.56 Å². The first kappa shape index (κ1) is 15.8. The Hall–Kier alpha value is -2.11. The predicted molar refractivity (Wildman–Crippen MR) is 90.8 cm³/mol. The molecule has 0 saturated heterocycles. The lowest BCUT2D eigenvalue weighted by Crippen LogP contribution is -2.20. The molecule has 0 fully saturated rings. The van der Waals surface area contributed by atoms with Crippen LogP contribution in [0.4, 0.5) is 4.39 Å². The number of hydrogen-bond acceptors (Lipinski definition) is 3. The molecule has 0 unspecified atom stereocenters. The normalized spacial score (nSPS) is 10.7. The van der Waals surface area contributed by atoms with Gasteiger partial charge in [0.2, 0.25) is 0 Å². The zero-order valence-electron chi connectivity index (χ0n) is 11.9. The standard InChI is InChI=1S/C17H12ClFN2OS/c18-13-3-1-2-12(10-13)11-23-16-17(22)21(9-8-20-16)15-6-4-14(19)5-7-15/h1-10H,11H2. The molecule has 0 N–H and O–H groups in total. The van der Waals surface area contributed by atoms with Crippen LogP contribution in [0.15, 0.2) is 70.7 Å². The predicted octanol–water partition coefficient (Wildman–Crippen LogP) is 4.32. The Morgan fingerprint density at radius 2 is 1.96 bits per heavy atom.